The first kappa shape index (κ1) is 54.8. The van der Waals surface area contributed by atoms with E-state index in [1.807, 2.05) is 48.5 Å². The molecule has 6 aliphatic rings. The molecule has 4 fully saturated rings. The Kier molecular flexibility index (Phi) is 18.3. The Balaban J connectivity index is 0.000000186. The molecule has 6 aliphatic heterocycles. The van der Waals surface area contributed by atoms with Crippen molar-refractivity contribution in [2.45, 2.75) is 64.6 Å². The molecule has 10 rings (SSSR count). The lowest BCUT2D eigenvalue weighted by molar-refractivity contribution is -0.124. The number of unbranched alkanes of at least 4 members (excludes halogenated alkanes) is 1. The van der Waals surface area contributed by atoms with Gasteiger partial charge in [0, 0.05) is 138 Å². The van der Waals surface area contributed by atoms with E-state index in [0.717, 1.165) is 161 Å². The highest BCUT2D eigenvalue weighted by Gasteiger charge is 2.33. The number of morpholine rings is 1. The van der Waals surface area contributed by atoms with Crippen LogP contribution >= 0.6 is 0 Å². The lowest BCUT2D eigenvalue weighted by atomic mass is 9.99. The number of fused-ring (bicyclic) bond motifs is 2. The summed E-state index contributed by atoms with van der Waals surface area (Å²) in [5, 5.41) is 6.09. The summed E-state index contributed by atoms with van der Waals surface area (Å²) >= 11 is 0. The maximum absolute atomic E-state index is 13.2. The van der Waals surface area contributed by atoms with Gasteiger partial charge < -0.3 is 58.8 Å². The third-order valence-electron chi connectivity index (χ3n) is 15.6. The number of ether oxygens (including phenoxy) is 5. The molecule has 6 heterocycles. The van der Waals surface area contributed by atoms with E-state index < -0.39 is 22.2 Å². The first-order valence-corrected chi connectivity index (χ1v) is 29.1. The minimum Gasteiger partial charge on any atom is -0.497 e. The summed E-state index contributed by atoms with van der Waals surface area (Å²) < 4.78 is 55.2. The van der Waals surface area contributed by atoms with Gasteiger partial charge >= 0.3 is 0 Å². The van der Waals surface area contributed by atoms with Crippen LogP contribution in [0.2, 0.25) is 0 Å². The monoisotopic (exact) mass is 1070 g/mol. The van der Waals surface area contributed by atoms with Crippen molar-refractivity contribution in [3.63, 3.8) is 0 Å². The Morgan fingerprint density at radius 1 is 0.592 bits per heavy atom. The van der Waals surface area contributed by atoms with Crippen molar-refractivity contribution in [1.82, 2.24) is 14.1 Å². The van der Waals surface area contributed by atoms with E-state index >= 15 is 0 Å². The first-order valence-electron chi connectivity index (χ1n) is 27.4. The zero-order valence-corrected chi connectivity index (χ0v) is 46.1. The van der Waals surface area contributed by atoms with Gasteiger partial charge in [0.1, 0.15) is 23.0 Å². The summed E-state index contributed by atoms with van der Waals surface area (Å²) in [5.74, 6) is 3.13. The van der Waals surface area contributed by atoms with Crippen molar-refractivity contribution in [2.75, 3.05) is 169 Å². The average Bonchev–Trinajstić information content (AvgIpc) is 3.48. The smallest absolute Gasteiger partial charge is 0.265 e. The number of benzene rings is 4. The normalized spacial score (nSPS) is 20.5. The molecule has 412 valence electrons. The molecule has 0 bridgehead atoms. The molecule has 4 aromatic carbocycles. The summed E-state index contributed by atoms with van der Waals surface area (Å²) in [4.78, 5) is 40.4. The number of hydrogen-bond donors (Lipinski definition) is 2. The standard InChI is InChI=1S/C29H40N4O4.C28H39N5O5S/c1-3-4-11-31-12-14-33(15-13-31)26-21-25(35-2)20-22-5-10-27(37-28(22)26)29(34)30-23-6-8-24(9-7-23)32-16-18-36-19-17-32;1-4-39(35,36)33-17-15-31(16-18-33)23-8-6-22(7-9-23)29-28(34)26-10-5-21-19-24(37-3)20-25(27(21)38-26)32-13-11-30(2)12-14-32/h6-9,20-21,27H,3-5,10-19H2,1-2H3,(H,30,34);6-9,19-20,26H,4-5,10-18H2,1-3H3,(H,29,34). The second-order valence-electron chi connectivity index (χ2n) is 20.5. The van der Waals surface area contributed by atoms with Gasteiger partial charge in [0.25, 0.3) is 11.8 Å². The zero-order valence-electron chi connectivity index (χ0n) is 45.3. The summed E-state index contributed by atoms with van der Waals surface area (Å²) in [6.45, 7) is 18.3. The van der Waals surface area contributed by atoms with Crippen LogP contribution in [0.5, 0.6) is 23.0 Å². The predicted molar refractivity (Wildman–Crippen MR) is 301 cm³/mol. The Bertz CT molecular complexity index is 2680. The van der Waals surface area contributed by atoms with Crippen LogP contribution in [0.15, 0.2) is 72.8 Å². The molecule has 0 aliphatic carbocycles. The SMILES string of the molecule is CCCCN1CCN(c2cc(OC)cc3c2OC(C(=O)Nc2ccc(N4CCOCC4)cc2)CC3)CC1.CCS(=O)(=O)N1CCN(c2ccc(NC(=O)C3CCc4cc(OC)cc(N5CCN(C)CC5)c4O3)cc2)CC1. The van der Waals surface area contributed by atoms with Crippen LogP contribution in [-0.4, -0.2) is 185 Å². The lowest BCUT2D eigenvalue weighted by Gasteiger charge is -2.38. The van der Waals surface area contributed by atoms with Crippen LogP contribution in [0.3, 0.4) is 0 Å². The van der Waals surface area contributed by atoms with E-state index in [2.05, 4.69) is 78.3 Å². The highest BCUT2D eigenvalue weighted by Crippen LogP contribution is 2.43. The molecule has 2 N–H and O–H groups in total. The van der Waals surface area contributed by atoms with Crippen LogP contribution in [0.4, 0.5) is 34.1 Å². The largest absolute Gasteiger partial charge is 0.497 e. The molecule has 0 aromatic heterocycles. The molecular formula is C57H79N9O9S. The number of anilines is 6. The van der Waals surface area contributed by atoms with E-state index in [9.17, 15) is 18.0 Å². The Morgan fingerprint density at radius 3 is 1.49 bits per heavy atom. The Morgan fingerprint density at radius 2 is 1.04 bits per heavy atom. The summed E-state index contributed by atoms with van der Waals surface area (Å²) in [6, 6.07) is 23.9. The van der Waals surface area contributed by atoms with Crippen LogP contribution in [-0.2, 0) is 37.2 Å². The molecule has 0 radical (unpaired) electrons. The quantitative estimate of drug-likeness (QED) is 0.142. The predicted octanol–water partition coefficient (Wildman–Crippen LogP) is 6.04. The first-order chi connectivity index (χ1) is 36.9. The highest BCUT2D eigenvalue weighted by molar-refractivity contribution is 7.89. The summed E-state index contributed by atoms with van der Waals surface area (Å²) in [5.41, 5.74) is 7.87. The second-order valence-corrected chi connectivity index (χ2v) is 22.7. The number of nitrogens with zero attached hydrogens (tertiary/aromatic N) is 7. The number of amides is 2. The fourth-order valence-electron chi connectivity index (χ4n) is 10.8. The van der Waals surface area contributed by atoms with Crippen molar-refractivity contribution in [1.29, 1.82) is 0 Å². The van der Waals surface area contributed by atoms with Gasteiger partial charge in [-0.1, -0.05) is 13.3 Å². The van der Waals surface area contributed by atoms with Gasteiger partial charge in [0.15, 0.2) is 12.2 Å². The molecule has 0 spiro atoms. The van der Waals surface area contributed by atoms with E-state index in [4.69, 9.17) is 23.7 Å². The van der Waals surface area contributed by atoms with E-state index in [1.165, 1.54) is 12.8 Å². The fourth-order valence-corrected chi connectivity index (χ4v) is 11.9. The number of sulfonamides is 1. The number of nitrogens with one attached hydrogen (secondary N) is 2. The Labute approximate surface area is 450 Å². The number of methoxy groups -OCH3 is 2. The van der Waals surface area contributed by atoms with Gasteiger partial charge in [-0.05, 0) is 113 Å². The molecular weight excluding hydrogens is 987 g/mol. The van der Waals surface area contributed by atoms with Crippen LogP contribution in [0, 0.1) is 0 Å². The summed E-state index contributed by atoms with van der Waals surface area (Å²) in [7, 11) is 2.36. The molecule has 0 saturated carbocycles. The van der Waals surface area contributed by atoms with E-state index in [1.54, 1.807) is 25.4 Å². The zero-order chi connectivity index (χ0) is 53.2. The van der Waals surface area contributed by atoms with Gasteiger partial charge in [-0.2, -0.15) is 4.31 Å². The number of carbonyl (C=O) groups excluding carboxylic acids is 2. The average molecular weight is 1070 g/mol. The van der Waals surface area contributed by atoms with Crippen LogP contribution in [0.25, 0.3) is 0 Å². The molecule has 2 amide bonds. The molecule has 18 nitrogen and oxygen atoms in total. The molecule has 4 saturated heterocycles. The molecule has 4 aromatic rings. The molecule has 76 heavy (non-hydrogen) atoms. The van der Waals surface area contributed by atoms with Gasteiger partial charge in [-0.25, -0.2) is 8.42 Å². The maximum atomic E-state index is 13.2. The van der Waals surface area contributed by atoms with E-state index in [-0.39, 0.29) is 17.6 Å². The maximum Gasteiger partial charge on any atom is 0.265 e. The number of rotatable bonds is 15. The van der Waals surface area contributed by atoms with Crippen molar-refractivity contribution < 1.29 is 41.7 Å². The third-order valence-corrected chi connectivity index (χ3v) is 17.4. The van der Waals surface area contributed by atoms with E-state index in [0.29, 0.717) is 44.7 Å². The van der Waals surface area contributed by atoms with Gasteiger partial charge in [0.2, 0.25) is 10.0 Å². The topological polar surface area (TPSA) is 161 Å². The van der Waals surface area contributed by atoms with Crippen LogP contribution in [0.1, 0.15) is 50.7 Å². The molecule has 2 unspecified atom stereocenters. The van der Waals surface area contributed by atoms with Crippen molar-refractivity contribution >= 4 is 56.0 Å². The molecule has 19 heteroatoms. The number of hydrogen-bond acceptors (Lipinski definition) is 15. The lowest BCUT2D eigenvalue weighted by Crippen LogP contribution is -2.49. The van der Waals surface area contributed by atoms with Gasteiger partial charge in [-0.15, -0.1) is 0 Å². The second kappa shape index (κ2) is 25.4. The fraction of sp³-hybridized carbons (Fsp3) is 0.544. The summed E-state index contributed by atoms with van der Waals surface area (Å²) in [6.07, 6.45) is 4.12. The van der Waals surface area contributed by atoms with Crippen LogP contribution < -0.4 is 49.2 Å². The van der Waals surface area contributed by atoms with Crippen molar-refractivity contribution in [3.05, 3.63) is 83.9 Å². The van der Waals surface area contributed by atoms with Gasteiger partial charge in [0.05, 0.1) is 44.6 Å². The minimum atomic E-state index is -3.16. The third kappa shape index (κ3) is 13.4. The Hall–Kier alpha value is -5.99. The van der Waals surface area contributed by atoms with Crippen molar-refractivity contribution in [2.24, 2.45) is 0 Å². The number of aryl methyl sites for hydroxylation is 2. The number of piperazine rings is 3. The molecule has 2 atom stereocenters. The minimum absolute atomic E-state index is 0.101. The number of carbonyl (C=O) groups is 2. The van der Waals surface area contributed by atoms with Crippen molar-refractivity contribution in [3.8, 4) is 23.0 Å². The van der Waals surface area contributed by atoms with Gasteiger partial charge in [-0.3, -0.25) is 14.5 Å². The highest BCUT2D eigenvalue weighted by atomic mass is 32.2. The number of likely N-dealkylation sites (N-methyl/N-ethyl adjacent to an activating group) is 1.